The van der Waals surface area contributed by atoms with E-state index in [2.05, 4.69) is 0 Å². The van der Waals surface area contributed by atoms with Gasteiger partial charge in [0.25, 0.3) is 5.91 Å². The number of imide groups is 1. The Kier molecular flexibility index (Phi) is 4.85. The van der Waals surface area contributed by atoms with Crippen LogP contribution in [0.15, 0.2) is 48.5 Å². The predicted molar refractivity (Wildman–Crippen MR) is 103 cm³/mol. The smallest absolute Gasteiger partial charge is 0.251 e. The van der Waals surface area contributed by atoms with Crippen LogP contribution in [-0.2, 0) is 9.59 Å². The van der Waals surface area contributed by atoms with Gasteiger partial charge in [0.15, 0.2) is 0 Å². The SMILES string of the molecule is O=C1CC(N2CCN(c3ccccc3F)CC2)C(=O)N1c1cccc(Cl)c1. The number of carbonyl (C=O) groups is 2. The van der Waals surface area contributed by atoms with Crippen LogP contribution in [0, 0.1) is 5.82 Å². The van der Waals surface area contributed by atoms with Crippen molar-refractivity contribution >= 4 is 34.8 Å². The number of piperazine rings is 1. The molecule has 7 heteroatoms. The van der Waals surface area contributed by atoms with Gasteiger partial charge in [-0.2, -0.15) is 0 Å². The maximum Gasteiger partial charge on any atom is 0.251 e. The maximum atomic E-state index is 14.0. The van der Waals surface area contributed by atoms with Gasteiger partial charge in [0.05, 0.1) is 23.8 Å². The molecule has 5 nitrogen and oxygen atoms in total. The highest BCUT2D eigenvalue weighted by Crippen LogP contribution is 2.29. The highest BCUT2D eigenvalue weighted by atomic mass is 35.5. The summed E-state index contributed by atoms with van der Waals surface area (Å²) in [6, 6.07) is 13.0. The molecule has 0 spiro atoms. The summed E-state index contributed by atoms with van der Waals surface area (Å²) in [7, 11) is 0. The predicted octanol–water partition coefficient (Wildman–Crippen LogP) is 2.93. The molecule has 2 aliphatic heterocycles. The Morgan fingerprint density at radius 1 is 0.963 bits per heavy atom. The minimum Gasteiger partial charge on any atom is -0.367 e. The van der Waals surface area contributed by atoms with Gasteiger partial charge in [0.2, 0.25) is 5.91 Å². The van der Waals surface area contributed by atoms with Crippen molar-refractivity contribution in [3.8, 4) is 0 Å². The second-order valence-electron chi connectivity index (χ2n) is 6.74. The standard InChI is InChI=1S/C20H19ClFN3O2/c21-14-4-3-5-15(12-14)25-19(26)13-18(20(25)27)24-10-8-23(9-11-24)17-7-2-1-6-16(17)22/h1-7,12,18H,8-11,13H2. The molecule has 2 amide bonds. The third-order valence-corrected chi connectivity index (χ3v) is 5.37. The first-order chi connectivity index (χ1) is 13.0. The first-order valence-electron chi connectivity index (χ1n) is 8.90. The molecule has 0 aromatic heterocycles. The van der Waals surface area contributed by atoms with E-state index in [1.807, 2.05) is 15.9 Å². The van der Waals surface area contributed by atoms with Gasteiger partial charge in [-0.3, -0.25) is 14.5 Å². The van der Waals surface area contributed by atoms with Crippen molar-refractivity contribution in [3.05, 3.63) is 59.4 Å². The van der Waals surface area contributed by atoms with Crippen LogP contribution in [0.5, 0.6) is 0 Å². The van der Waals surface area contributed by atoms with Gasteiger partial charge in [-0.25, -0.2) is 9.29 Å². The summed E-state index contributed by atoms with van der Waals surface area (Å²) in [5, 5.41) is 0.482. The van der Waals surface area contributed by atoms with E-state index in [1.54, 1.807) is 36.4 Å². The third-order valence-electron chi connectivity index (χ3n) is 5.14. The van der Waals surface area contributed by atoms with E-state index >= 15 is 0 Å². The monoisotopic (exact) mass is 387 g/mol. The van der Waals surface area contributed by atoms with Crippen LogP contribution in [0.25, 0.3) is 0 Å². The summed E-state index contributed by atoms with van der Waals surface area (Å²) in [5.41, 5.74) is 1.08. The van der Waals surface area contributed by atoms with Crippen molar-refractivity contribution in [1.29, 1.82) is 0 Å². The Hall–Kier alpha value is -2.44. The second kappa shape index (κ2) is 7.29. The van der Waals surface area contributed by atoms with Crippen molar-refractivity contribution in [2.24, 2.45) is 0 Å². The summed E-state index contributed by atoms with van der Waals surface area (Å²) in [4.78, 5) is 30.5. The first kappa shape index (κ1) is 17.9. The minimum absolute atomic E-state index is 0.158. The lowest BCUT2D eigenvalue weighted by molar-refractivity contribution is -0.123. The molecule has 4 rings (SSSR count). The van der Waals surface area contributed by atoms with Crippen LogP contribution >= 0.6 is 11.6 Å². The largest absolute Gasteiger partial charge is 0.367 e. The van der Waals surface area contributed by atoms with Crippen LogP contribution in [0.3, 0.4) is 0 Å². The fraction of sp³-hybridized carbons (Fsp3) is 0.300. The van der Waals surface area contributed by atoms with Gasteiger partial charge in [-0.1, -0.05) is 29.8 Å². The molecule has 2 aromatic rings. The maximum absolute atomic E-state index is 14.0. The number of halogens is 2. The van der Waals surface area contributed by atoms with Crippen molar-refractivity contribution in [1.82, 2.24) is 4.90 Å². The summed E-state index contributed by atoms with van der Waals surface area (Å²) >= 11 is 5.99. The van der Waals surface area contributed by atoms with Gasteiger partial charge in [0, 0.05) is 31.2 Å². The molecule has 0 N–H and O–H groups in total. The number of carbonyl (C=O) groups excluding carboxylic acids is 2. The normalized spacial score (nSPS) is 21.2. The quantitative estimate of drug-likeness (QED) is 0.759. The van der Waals surface area contributed by atoms with E-state index in [9.17, 15) is 14.0 Å². The first-order valence-corrected chi connectivity index (χ1v) is 9.28. The van der Waals surface area contributed by atoms with Crippen LogP contribution in [0.1, 0.15) is 6.42 Å². The van der Waals surface area contributed by atoms with Gasteiger partial charge in [-0.05, 0) is 30.3 Å². The molecule has 140 valence electrons. The molecular weight excluding hydrogens is 369 g/mol. The highest BCUT2D eigenvalue weighted by molar-refractivity contribution is 6.31. The molecule has 2 aliphatic rings. The Bertz CT molecular complexity index is 883. The molecule has 0 saturated carbocycles. The van der Waals surface area contributed by atoms with E-state index < -0.39 is 6.04 Å². The van der Waals surface area contributed by atoms with Crippen molar-refractivity contribution in [3.63, 3.8) is 0 Å². The van der Waals surface area contributed by atoms with Crippen LogP contribution < -0.4 is 9.80 Å². The Balaban J connectivity index is 1.45. The van der Waals surface area contributed by atoms with E-state index in [4.69, 9.17) is 11.6 Å². The topological polar surface area (TPSA) is 43.9 Å². The number of nitrogens with zero attached hydrogens (tertiary/aromatic N) is 3. The summed E-state index contributed by atoms with van der Waals surface area (Å²) in [6.07, 6.45) is 0.158. The van der Waals surface area contributed by atoms with E-state index in [1.165, 1.54) is 11.0 Å². The zero-order chi connectivity index (χ0) is 19.0. The number of amides is 2. The van der Waals surface area contributed by atoms with Gasteiger partial charge in [-0.15, -0.1) is 0 Å². The van der Waals surface area contributed by atoms with Gasteiger partial charge in [0.1, 0.15) is 5.82 Å². The van der Waals surface area contributed by atoms with E-state index in [0.29, 0.717) is 42.6 Å². The lowest BCUT2D eigenvalue weighted by Crippen LogP contribution is -2.52. The van der Waals surface area contributed by atoms with Crippen LogP contribution in [0.4, 0.5) is 15.8 Å². The van der Waals surface area contributed by atoms with E-state index in [-0.39, 0.29) is 24.1 Å². The number of rotatable bonds is 3. The average molecular weight is 388 g/mol. The van der Waals surface area contributed by atoms with Crippen molar-refractivity contribution in [2.45, 2.75) is 12.5 Å². The second-order valence-corrected chi connectivity index (χ2v) is 7.18. The lowest BCUT2D eigenvalue weighted by Gasteiger charge is -2.38. The molecule has 2 heterocycles. The third kappa shape index (κ3) is 3.42. The number of hydrogen-bond donors (Lipinski definition) is 0. The van der Waals surface area contributed by atoms with E-state index in [0.717, 1.165) is 0 Å². The fourth-order valence-corrected chi connectivity index (χ4v) is 3.95. The Labute approximate surface area is 161 Å². The molecular formula is C20H19ClFN3O2. The lowest BCUT2D eigenvalue weighted by atomic mass is 10.1. The number of anilines is 2. The summed E-state index contributed by atoms with van der Waals surface area (Å²) < 4.78 is 14.0. The summed E-state index contributed by atoms with van der Waals surface area (Å²) in [6.45, 7) is 2.41. The van der Waals surface area contributed by atoms with Gasteiger partial charge >= 0.3 is 0 Å². The zero-order valence-electron chi connectivity index (χ0n) is 14.6. The highest BCUT2D eigenvalue weighted by Gasteiger charge is 2.43. The molecule has 0 bridgehead atoms. The van der Waals surface area contributed by atoms with Crippen molar-refractivity contribution in [2.75, 3.05) is 36.0 Å². The van der Waals surface area contributed by atoms with Crippen LogP contribution in [-0.4, -0.2) is 48.9 Å². The molecule has 2 fully saturated rings. The molecule has 27 heavy (non-hydrogen) atoms. The molecule has 1 atom stereocenters. The Morgan fingerprint density at radius 2 is 1.70 bits per heavy atom. The molecule has 0 radical (unpaired) electrons. The number of benzene rings is 2. The summed E-state index contributed by atoms with van der Waals surface area (Å²) in [5.74, 6) is -0.685. The van der Waals surface area contributed by atoms with Crippen molar-refractivity contribution < 1.29 is 14.0 Å². The minimum atomic E-state index is -0.473. The zero-order valence-corrected chi connectivity index (χ0v) is 15.4. The Morgan fingerprint density at radius 3 is 2.41 bits per heavy atom. The fourth-order valence-electron chi connectivity index (χ4n) is 3.77. The molecule has 1 unspecified atom stereocenters. The molecule has 0 aliphatic carbocycles. The average Bonchev–Trinajstić information content (AvgIpc) is 2.96. The molecule has 2 aromatic carbocycles. The van der Waals surface area contributed by atoms with Crippen LogP contribution in [0.2, 0.25) is 5.02 Å². The van der Waals surface area contributed by atoms with Gasteiger partial charge < -0.3 is 4.90 Å². The number of para-hydroxylation sites is 1. The number of hydrogen-bond acceptors (Lipinski definition) is 4. The molecule has 2 saturated heterocycles.